The van der Waals surface area contributed by atoms with Crippen molar-refractivity contribution >= 4 is 0 Å². The van der Waals surface area contributed by atoms with Gasteiger partial charge in [0.05, 0.1) is 12.3 Å². The number of aromatic nitrogens is 1. The third-order valence-electron chi connectivity index (χ3n) is 2.78. The summed E-state index contributed by atoms with van der Waals surface area (Å²) in [6, 6.07) is 8.08. The fraction of sp³-hybridized carbons (Fsp3) is 0.400. The summed E-state index contributed by atoms with van der Waals surface area (Å²) in [7, 11) is 1.70. The van der Waals surface area contributed by atoms with Gasteiger partial charge in [-0.3, -0.25) is 0 Å². The van der Waals surface area contributed by atoms with Crippen LogP contribution in [0.15, 0.2) is 41.3 Å². The van der Waals surface area contributed by atoms with Crippen LogP contribution >= 0.6 is 0 Å². The predicted octanol–water partition coefficient (Wildman–Crippen LogP) is 2.38. The molecule has 1 aromatic carbocycles. The molecule has 0 aliphatic rings. The lowest BCUT2D eigenvalue weighted by Gasteiger charge is -2.08. The van der Waals surface area contributed by atoms with Crippen molar-refractivity contribution in [1.29, 1.82) is 0 Å². The number of ether oxygens (including phenoxy) is 2. The Labute approximate surface area is 118 Å². The molecule has 0 spiro atoms. The first kappa shape index (κ1) is 14.6. The lowest BCUT2D eigenvalue weighted by Crippen LogP contribution is -2.12. The number of benzene rings is 1. The number of rotatable bonds is 9. The molecule has 0 amide bonds. The van der Waals surface area contributed by atoms with Crippen LogP contribution in [-0.4, -0.2) is 25.3 Å². The second-order valence-corrected chi connectivity index (χ2v) is 4.43. The molecule has 0 aliphatic carbocycles. The first-order chi connectivity index (χ1) is 9.88. The Kier molecular flexibility index (Phi) is 6.07. The standard InChI is InChI=1S/C15H20N2O3/c1-18-6-3-7-20-15-5-2-4-13(8-15)9-16-10-14-11-19-12-17-14/h2,4-5,8,11-12,16H,3,6-7,9-10H2,1H3. The van der Waals surface area contributed by atoms with E-state index >= 15 is 0 Å². The molecule has 0 aliphatic heterocycles. The Balaban J connectivity index is 1.74. The molecule has 5 nitrogen and oxygen atoms in total. The number of oxazole rings is 1. The molecule has 0 atom stereocenters. The largest absolute Gasteiger partial charge is 0.493 e. The Morgan fingerprint density at radius 2 is 2.20 bits per heavy atom. The Hall–Kier alpha value is -1.85. The number of hydrogen-bond acceptors (Lipinski definition) is 5. The summed E-state index contributed by atoms with van der Waals surface area (Å²) in [6.07, 6.45) is 3.97. The van der Waals surface area contributed by atoms with Gasteiger partial charge in [0.15, 0.2) is 6.39 Å². The average molecular weight is 276 g/mol. The van der Waals surface area contributed by atoms with E-state index < -0.39 is 0 Å². The number of hydrogen-bond donors (Lipinski definition) is 1. The zero-order chi connectivity index (χ0) is 14.0. The van der Waals surface area contributed by atoms with Crippen molar-refractivity contribution in [2.24, 2.45) is 0 Å². The molecule has 1 N–H and O–H groups in total. The molecule has 108 valence electrons. The monoisotopic (exact) mass is 276 g/mol. The summed E-state index contributed by atoms with van der Waals surface area (Å²) in [5.41, 5.74) is 2.08. The van der Waals surface area contributed by atoms with Gasteiger partial charge in [0.2, 0.25) is 0 Å². The SMILES string of the molecule is COCCCOc1cccc(CNCc2cocn2)c1. The molecule has 2 aromatic rings. The zero-order valence-electron chi connectivity index (χ0n) is 11.7. The van der Waals surface area contributed by atoms with Crippen molar-refractivity contribution < 1.29 is 13.9 Å². The third-order valence-corrected chi connectivity index (χ3v) is 2.78. The highest BCUT2D eigenvalue weighted by atomic mass is 16.5. The number of methoxy groups -OCH3 is 1. The summed E-state index contributed by atoms with van der Waals surface area (Å²) in [5.74, 6) is 0.891. The minimum Gasteiger partial charge on any atom is -0.493 e. The van der Waals surface area contributed by atoms with Gasteiger partial charge < -0.3 is 19.2 Å². The molecule has 20 heavy (non-hydrogen) atoms. The Morgan fingerprint density at radius 1 is 1.25 bits per heavy atom. The van der Waals surface area contributed by atoms with Crippen LogP contribution in [0, 0.1) is 0 Å². The molecule has 2 rings (SSSR count). The van der Waals surface area contributed by atoms with Crippen LogP contribution in [0.1, 0.15) is 17.7 Å². The highest BCUT2D eigenvalue weighted by Crippen LogP contribution is 2.13. The molecule has 0 bridgehead atoms. The van der Waals surface area contributed by atoms with Gasteiger partial charge in [-0.15, -0.1) is 0 Å². The van der Waals surface area contributed by atoms with E-state index in [4.69, 9.17) is 13.9 Å². The molecular weight excluding hydrogens is 256 g/mol. The van der Waals surface area contributed by atoms with E-state index in [1.807, 2.05) is 18.2 Å². The van der Waals surface area contributed by atoms with Gasteiger partial charge in [-0.25, -0.2) is 4.98 Å². The molecule has 0 saturated heterocycles. The van der Waals surface area contributed by atoms with E-state index in [1.54, 1.807) is 13.4 Å². The van der Waals surface area contributed by atoms with Crippen molar-refractivity contribution in [1.82, 2.24) is 10.3 Å². The van der Waals surface area contributed by atoms with Crippen molar-refractivity contribution in [2.75, 3.05) is 20.3 Å². The molecule has 1 heterocycles. The van der Waals surface area contributed by atoms with E-state index in [9.17, 15) is 0 Å². The molecule has 0 radical (unpaired) electrons. The molecule has 5 heteroatoms. The van der Waals surface area contributed by atoms with Crippen LogP contribution in [0.25, 0.3) is 0 Å². The van der Waals surface area contributed by atoms with Gasteiger partial charge in [-0.1, -0.05) is 12.1 Å². The van der Waals surface area contributed by atoms with Crippen LogP contribution in [0.2, 0.25) is 0 Å². The zero-order valence-corrected chi connectivity index (χ0v) is 11.7. The summed E-state index contributed by atoms with van der Waals surface area (Å²) < 4.78 is 15.6. The molecule has 0 fully saturated rings. The summed E-state index contributed by atoms with van der Waals surface area (Å²) in [4.78, 5) is 4.06. The number of nitrogens with zero attached hydrogens (tertiary/aromatic N) is 1. The summed E-state index contributed by atoms with van der Waals surface area (Å²) in [5, 5.41) is 3.31. The van der Waals surface area contributed by atoms with E-state index in [0.29, 0.717) is 13.2 Å². The predicted molar refractivity (Wildman–Crippen MR) is 75.5 cm³/mol. The quantitative estimate of drug-likeness (QED) is 0.713. The van der Waals surface area contributed by atoms with Gasteiger partial charge in [0.25, 0.3) is 0 Å². The first-order valence-corrected chi connectivity index (χ1v) is 6.67. The van der Waals surface area contributed by atoms with Crippen LogP contribution < -0.4 is 10.1 Å². The fourth-order valence-corrected chi connectivity index (χ4v) is 1.80. The van der Waals surface area contributed by atoms with Crippen LogP contribution in [-0.2, 0) is 17.8 Å². The highest BCUT2D eigenvalue weighted by Gasteiger charge is 1.99. The van der Waals surface area contributed by atoms with Gasteiger partial charge in [0.1, 0.15) is 12.0 Å². The summed E-state index contributed by atoms with van der Waals surface area (Å²) >= 11 is 0. The lowest BCUT2D eigenvalue weighted by atomic mass is 10.2. The maximum Gasteiger partial charge on any atom is 0.180 e. The van der Waals surface area contributed by atoms with E-state index in [2.05, 4.69) is 16.4 Å². The van der Waals surface area contributed by atoms with Crippen LogP contribution in [0.4, 0.5) is 0 Å². The summed E-state index contributed by atoms with van der Waals surface area (Å²) in [6.45, 7) is 2.85. The second-order valence-electron chi connectivity index (χ2n) is 4.43. The fourth-order valence-electron chi connectivity index (χ4n) is 1.80. The van der Waals surface area contributed by atoms with Crippen molar-refractivity contribution in [3.8, 4) is 5.75 Å². The van der Waals surface area contributed by atoms with Crippen molar-refractivity contribution in [2.45, 2.75) is 19.5 Å². The van der Waals surface area contributed by atoms with E-state index in [0.717, 1.165) is 31.0 Å². The second kappa shape index (κ2) is 8.35. The van der Waals surface area contributed by atoms with Crippen LogP contribution in [0.3, 0.4) is 0 Å². The number of nitrogens with one attached hydrogen (secondary N) is 1. The Bertz CT molecular complexity index is 486. The molecule has 0 unspecified atom stereocenters. The van der Waals surface area contributed by atoms with Gasteiger partial charge in [-0.2, -0.15) is 0 Å². The first-order valence-electron chi connectivity index (χ1n) is 6.67. The van der Waals surface area contributed by atoms with Gasteiger partial charge in [-0.05, 0) is 17.7 Å². The minimum atomic E-state index is 0.670. The van der Waals surface area contributed by atoms with Gasteiger partial charge in [0, 0.05) is 33.2 Å². The van der Waals surface area contributed by atoms with E-state index in [1.165, 1.54) is 12.0 Å². The maximum atomic E-state index is 5.67. The van der Waals surface area contributed by atoms with E-state index in [-0.39, 0.29) is 0 Å². The molecule has 0 saturated carbocycles. The Morgan fingerprint density at radius 3 is 3.00 bits per heavy atom. The topological polar surface area (TPSA) is 56.5 Å². The average Bonchev–Trinajstić information content (AvgIpc) is 2.97. The minimum absolute atomic E-state index is 0.670. The van der Waals surface area contributed by atoms with Crippen LogP contribution in [0.5, 0.6) is 5.75 Å². The van der Waals surface area contributed by atoms with Crippen molar-refractivity contribution in [3.05, 3.63) is 48.2 Å². The molecule has 1 aromatic heterocycles. The van der Waals surface area contributed by atoms with Crippen molar-refractivity contribution in [3.63, 3.8) is 0 Å². The normalized spacial score (nSPS) is 10.7. The highest BCUT2D eigenvalue weighted by molar-refractivity contribution is 5.28. The third kappa shape index (κ3) is 5.03. The van der Waals surface area contributed by atoms with Gasteiger partial charge >= 0.3 is 0 Å². The maximum absolute atomic E-state index is 5.67. The lowest BCUT2D eigenvalue weighted by molar-refractivity contribution is 0.172. The smallest absolute Gasteiger partial charge is 0.180 e. The molecular formula is C15H20N2O3.